The highest BCUT2D eigenvalue weighted by Gasteiger charge is 2.13. The number of sulfonamides is 1. The van der Waals surface area contributed by atoms with Crippen LogP contribution in [0, 0.1) is 6.92 Å². The second kappa shape index (κ2) is 6.95. The lowest BCUT2D eigenvalue weighted by molar-refractivity contribution is 0.580. The molecule has 3 aromatic rings. The Labute approximate surface area is 142 Å². The van der Waals surface area contributed by atoms with Gasteiger partial charge in [0.25, 0.3) is 0 Å². The molecule has 1 heterocycles. The molecule has 0 saturated carbocycles. The van der Waals surface area contributed by atoms with Crippen LogP contribution in [0.1, 0.15) is 11.3 Å². The Hall–Kier alpha value is -2.50. The highest BCUT2D eigenvalue weighted by atomic mass is 32.2. The van der Waals surface area contributed by atoms with Crippen molar-refractivity contribution in [3.8, 4) is 11.1 Å². The van der Waals surface area contributed by atoms with Crippen LogP contribution in [-0.2, 0) is 16.6 Å². The van der Waals surface area contributed by atoms with Crippen molar-refractivity contribution in [3.05, 3.63) is 84.2 Å². The average Bonchev–Trinajstić information content (AvgIpc) is 2.62. The van der Waals surface area contributed by atoms with E-state index in [2.05, 4.69) is 9.71 Å². The molecular formula is C19H18N2O2S. The summed E-state index contributed by atoms with van der Waals surface area (Å²) in [4.78, 5) is 4.35. The van der Waals surface area contributed by atoms with Gasteiger partial charge in [0.15, 0.2) is 0 Å². The van der Waals surface area contributed by atoms with E-state index in [0.29, 0.717) is 5.69 Å². The van der Waals surface area contributed by atoms with Gasteiger partial charge in [0.2, 0.25) is 10.0 Å². The minimum absolute atomic E-state index is 0.170. The van der Waals surface area contributed by atoms with Crippen molar-refractivity contribution in [1.82, 2.24) is 9.71 Å². The molecular weight excluding hydrogens is 320 g/mol. The summed E-state index contributed by atoms with van der Waals surface area (Å²) in [5, 5.41) is 0. The zero-order chi connectivity index (χ0) is 17.0. The van der Waals surface area contributed by atoms with Gasteiger partial charge in [-0.1, -0.05) is 48.0 Å². The molecule has 0 unspecified atom stereocenters. The van der Waals surface area contributed by atoms with Crippen LogP contribution in [0.3, 0.4) is 0 Å². The normalized spacial score (nSPS) is 11.4. The predicted molar refractivity (Wildman–Crippen MR) is 94.9 cm³/mol. The highest BCUT2D eigenvalue weighted by molar-refractivity contribution is 7.89. The first-order chi connectivity index (χ1) is 11.5. The van der Waals surface area contributed by atoms with Gasteiger partial charge < -0.3 is 0 Å². The van der Waals surface area contributed by atoms with Crippen molar-refractivity contribution >= 4 is 10.0 Å². The van der Waals surface area contributed by atoms with E-state index in [9.17, 15) is 8.42 Å². The molecule has 24 heavy (non-hydrogen) atoms. The van der Waals surface area contributed by atoms with Crippen molar-refractivity contribution in [2.24, 2.45) is 0 Å². The average molecular weight is 338 g/mol. The molecule has 0 saturated heterocycles. The van der Waals surface area contributed by atoms with Crippen LogP contribution in [0.25, 0.3) is 11.1 Å². The molecule has 1 N–H and O–H groups in total. The Morgan fingerprint density at radius 2 is 1.50 bits per heavy atom. The van der Waals surface area contributed by atoms with Crippen LogP contribution in [0.2, 0.25) is 0 Å². The Bertz CT molecular complexity index is 904. The zero-order valence-corrected chi connectivity index (χ0v) is 14.1. The van der Waals surface area contributed by atoms with Crippen molar-refractivity contribution in [3.63, 3.8) is 0 Å². The first-order valence-corrected chi connectivity index (χ1v) is 9.10. The lowest BCUT2D eigenvalue weighted by Crippen LogP contribution is -2.23. The third-order valence-electron chi connectivity index (χ3n) is 3.72. The summed E-state index contributed by atoms with van der Waals surface area (Å²) in [7, 11) is -3.55. The lowest BCUT2D eigenvalue weighted by Gasteiger charge is -2.08. The van der Waals surface area contributed by atoms with E-state index in [1.807, 2.05) is 49.4 Å². The topological polar surface area (TPSA) is 59.1 Å². The standard InChI is InChI=1S/C19H18N2O2S/c1-15-5-7-16(8-6-15)17-9-11-19(12-10-17)24(22,23)21-14-18-4-2-3-13-20-18/h2-13,21H,14H2,1H3. The molecule has 0 radical (unpaired) electrons. The summed E-state index contributed by atoms with van der Waals surface area (Å²) in [5.41, 5.74) is 3.92. The maximum atomic E-state index is 12.4. The summed E-state index contributed by atoms with van der Waals surface area (Å²) in [5.74, 6) is 0. The number of nitrogens with one attached hydrogen (secondary N) is 1. The number of pyridine rings is 1. The van der Waals surface area contributed by atoms with Crippen molar-refractivity contribution in [2.75, 3.05) is 0 Å². The Morgan fingerprint density at radius 3 is 2.08 bits per heavy atom. The van der Waals surface area contributed by atoms with Gasteiger partial charge in [-0.3, -0.25) is 4.98 Å². The molecule has 0 bridgehead atoms. The number of aromatic nitrogens is 1. The summed E-state index contributed by atoms with van der Waals surface area (Å²) in [6.45, 7) is 2.20. The fourth-order valence-electron chi connectivity index (χ4n) is 2.33. The molecule has 0 atom stereocenters. The molecule has 0 aliphatic carbocycles. The summed E-state index contributed by atoms with van der Waals surface area (Å²) < 4.78 is 27.3. The number of benzene rings is 2. The second-order valence-corrected chi connectivity index (χ2v) is 7.30. The van der Waals surface area contributed by atoms with E-state index < -0.39 is 10.0 Å². The number of rotatable bonds is 5. The summed E-state index contributed by atoms with van der Waals surface area (Å²) in [6.07, 6.45) is 1.64. The van der Waals surface area contributed by atoms with E-state index in [4.69, 9.17) is 0 Å². The van der Waals surface area contributed by atoms with E-state index >= 15 is 0 Å². The van der Waals surface area contributed by atoms with Crippen LogP contribution >= 0.6 is 0 Å². The molecule has 2 aromatic carbocycles. The van der Waals surface area contributed by atoms with E-state index in [0.717, 1.165) is 11.1 Å². The first-order valence-electron chi connectivity index (χ1n) is 7.61. The summed E-state index contributed by atoms with van der Waals surface area (Å²) >= 11 is 0. The molecule has 0 spiro atoms. The molecule has 4 nitrogen and oxygen atoms in total. The van der Waals surface area contributed by atoms with Gasteiger partial charge in [-0.25, -0.2) is 13.1 Å². The van der Waals surface area contributed by atoms with Crippen LogP contribution in [0.15, 0.2) is 77.8 Å². The van der Waals surface area contributed by atoms with Crippen LogP contribution in [0.4, 0.5) is 0 Å². The van der Waals surface area contributed by atoms with E-state index in [-0.39, 0.29) is 11.4 Å². The number of aryl methyl sites for hydroxylation is 1. The maximum absolute atomic E-state index is 12.4. The Balaban J connectivity index is 1.75. The van der Waals surface area contributed by atoms with Crippen molar-refractivity contribution in [2.45, 2.75) is 18.4 Å². The fourth-order valence-corrected chi connectivity index (χ4v) is 3.33. The fraction of sp³-hybridized carbons (Fsp3) is 0.105. The van der Waals surface area contributed by atoms with Gasteiger partial charge in [0, 0.05) is 6.20 Å². The van der Waals surface area contributed by atoms with Crippen molar-refractivity contribution in [1.29, 1.82) is 0 Å². The predicted octanol–water partition coefficient (Wildman–Crippen LogP) is 3.54. The maximum Gasteiger partial charge on any atom is 0.240 e. The Kier molecular flexibility index (Phi) is 4.74. The molecule has 1 aromatic heterocycles. The summed E-state index contributed by atoms with van der Waals surface area (Å²) in [6, 6.07) is 20.4. The molecule has 3 rings (SSSR count). The van der Waals surface area contributed by atoms with Gasteiger partial charge in [-0.05, 0) is 42.3 Å². The lowest BCUT2D eigenvalue weighted by atomic mass is 10.0. The third kappa shape index (κ3) is 3.88. The molecule has 0 amide bonds. The third-order valence-corrected chi connectivity index (χ3v) is 5.14. The molecule has 0 aliphatic heterocycles. The zero-order valence-electron chi connectivity index (χ0n) is 13.3. The minimum Gasteiger partial charge on any atom is -0.260 e. The molecule has 5 heteroatoms. The van der Waals surface area contributed by atoms with Crippen molar-refractivity contribution < 1.29 is 8.42 Å². The van der Waals surface area contributed by atoms with Gasteiger partial charge in [0.05, 0.1) is 17.1 Å². The minimum atomic E-state index is -3.55. The highest BCUT2D eigenvalue weighted by Crippen LogP contribution is 2.21. The molecule has 0 fully saturated rings. The largest absolute Gasteiger partial charge is 0.260 e. The number of nitrogens with zero attached hydrogens (tertiary/aromatic N) is 1. The van der Waals surface area contributed by atoms with E-state index in [1.165, 1.54) is 5.56 Å². The van der Waals surface area contributed by atoms with Crippen LogP contribution < -0.4 is 4.72 Å². The quantitative estimate of drug-likeness (QED) is 0.774. The van der Waals surface area contributed by atoms with Gasteiger partial charge >= 0.3 is 0 Å². The van der Waals surface area contributed by atoms with Gasteiger partial charge in [-0.2, -0.15) is 0 Å². The van der Waals surface area contributed by atoms with Gasteiger partial charge in [0.1, 0.15) is 0 Å². The number of hydrogen-bond acceptors (Lipinski definition) is 3. The second-order valence-electron chi connectivity index (χ2n) is 5.54. The van der Waals surface area contributed by atoms with Crippen LogP contribution in [-0.4, -0.2) is 13.4 Å². The first kappa shape index (κ1) is 16.4. The smallest absolute Gasteiger partial charge is 0.240 e. The molecule has 0 aliphatic rings. The van der Waals surface area contributed by atoms with E-state index in [1.54, 1.807) is 30.5 Å². The SMILES string of the molecule is Cc1ccc(-c2ccc(S(=O)(=O)NCc3ccccn3)cc2)cc1. The Morgan fingerprint density at radius 1 is 0.875 bits per heavy atom. The monoisotopic (exact) mass is 338 g/mol. The number of hydrogen-bond donors (Lipinski definition) is 1. The molecule has 122 valence electrons. The van der Waals surface area contributed by atoms with Crippen LogP contribution in [0.5, 0.6) is 0 Å². The van der Waals surface area contributed by atoms with Gasteiger partial charge in [-0.15, -0.1) is 0 Å².